The highest BCUT2D eigenvalue weighted by Gasteiger charge is 1.98. The number of aliphatic hydroxyl groups excluding tert-OH is 1. The van der Waals surface area contributed by atoms with Crippen LogP contribution >= 0.6 is 11.6 Å². The summed E-state index contributed by atoms with van der Waals surface area (Å²) in [6.45, 7) is 1.26. The van der Waals surface area contributed by atoms with Gasteiger partial charge in [-0.25, -0.2) is 0 Å². The SMILES string of the molecule is O=C(CCCCl)NCCOCCO. The number of alkyl halides is 1. The van der Waals surface area contributed by atoms with Gasteiger partial charge in [-0.05, 0) is 6.42 Å². The Morgan fingerprint density at radius 1 is 1.46 bits per heavy atom. The molecule has 0 saturated carbocycles. The van der Waals surface area contributed by atoms with E-state index in [-0.39, 0.29) is 12.5 Å². The van der Waals surface area contributed by atoms with Crippen LogP contribution < -0.4 is 5.32 Å². The van der Waals surface area contributed by atoms with Crippen molar-refractivity contribution in [1.82, 2.24) is 5.32 Å². The Labute approximate surface area is 83.2 Å². The van der Waals surface area contributed by atoms with Crippen LogP contribution in [0.1, 0.15) is 12.8 Å². The maximum absolute atomic E-state index is 11.0. The smallest absolute Gasteiger partial charge is 0.220 e. The van der Waals surface area contributed by atoms with Gasteiger partial charge in [0.15, 0.2) is 0 Å². The molecule has 0 aliphatic carbocycles. The van der Waals surface area contributed by atoms with Crippen molar-refractivity contribution < 1.29 is 14.6 Å². The van der Waals surface area contributed by atoms with Gasteiger partial charge in [0.2, 0.25) is 5.91 Å². The first-order valence-electron chi connectivity index (χ1n) is 4.32. The molecule has 5 heteroatoms. The van der Waals surface area contributed by atoms with Crippen molar-refractivity contribution in [2.24, 2.45) is 0 Å². The normalized spacial score (nSPS) is 10.0. The second kappa shape index (κ2) is 9.77. The molecule has 0 aromatic heterocycles. The van der Waals surface area contributed by atoms with Crippen molar-refractivity contribution in [3.05, 3.63) is 0 Å². The second-order valence-electron chi connectivity index (χ2n) is 2.48. The highest BCUT2D eigenvalue weighted by molar-refractivity contribution is 6.17. The van der Waals surface area contributed by atoms with Gasteiger partial charge in [-0.1, -0.05) is 0 Å². The zero-order valence-electron chi connectivity index (χ0n) is 7.59. The van der Waals surface area contributed by atoms with Crippen LogP contribution in [0.2, 0.25) is 0 Å². The van der Waals surface area contributed by atoms with Gasteiger partial charge < -0.3 is 15.2 Å². The van der Waals surface area contributed by atoms with Gasteiger partial charge in [-0.15, -0.1) is 11.6 Å². The average Bonchev–Trinajstić information content (AvgIpc) is 2.14. The molecule has 1 amide bonds. The molecular weight excluding hydrogens is 194 g/mol. The Hall–Kier alpha value is -0.320. The summed E-state index contributed by atoms with van der Waals surface area (Å²) in [7, 11) is 0. The lowest BCUT2D eigenvalue weighted by Crippen LogP contribution is -2.27. The first-order valence-corrected chi connectivity index (χ1v) is 4.86. The fraction of sp³-hybridized carbons (Fsp3) is 0.875. The summed E-state index contributed by atoms with van der Waals surface area (Å²) in [5.74, 6) is 0.502. The summed E-state index contributed by atoms with van der Waals surface area (Å²) in [5.41, 5.74) is 0. The third kappa shape index (κ3) is 9.60. The van der Waals surface area contributed by atoms with E-state index in [2.05, 4.69) is 5.32 Å². The van der Waals surface area contributed by atoms with Gasteiger partial charge in [-0.2, -0.15) is 0 Å². The number of carbonyl (C=O) groups excluding carboxylic acids is 1. The van der Waals surface area contributed by atoms with E-state index in [1.54, 1.807) is 0 Å². The molecule has 0 aliphatic rings. The molecule has 0 unspecified atom stereocenters. The fourth-order valence-corrected chi connectivity index (χ4v) is 0.879. The standard InChI is InChI=1S/C8H16ClNO3/c9-3-1-2-8(12)10-4-6-13-7-5-11/h11H,1-7H2,(H,10,12). The van der Waals surface area contributed by atoms with Gasteiger partial charge in [0, 0.05) is 18.8 Å². The number of halogens is 1. The lowest BCUT2D eigenvalue weighted by atomic mass is 10.3. The number of amides is 1. The highest BCUT2D eigenvalue weighted by Crippen LogP contribution is 1.90. The van der Waals surface area contributed by atoms with Crippen LogP contribution in [-0.4, -0.2) is 43.3 Å². The Kier molecular flexibility index (Phi) is 9.53. The minimum absolute atomic E-state index is 0.00625. The van der Waals surface area contributed by atoms with E-state index in [1.807, 2.05) is 0 Å². The molecule has 2 N–H and O–H groups in total. The van der Waals surface area contributed by atoms with Crippen LogP contribution in [0.4, 0.5) is 0 Å². The van der Waals surface area contributed by atoms with Crippen LogP contribution in [0.3, 0.4) is 0 Å². The number of carbonyl (C=O) groups is 1. The molecule has 0 saturated heterocycles. The van der Waals surface area contributed by atoms with Crippen LogP contribution in [-0.2, 0) is 9.53 Å². The molecule has 13 heavy (non-hydrogen) atoms. The van der Waals surface area contributed by atoms with Crippen molar-refractivity contribution in [2.45, 2.75) is 12.8 Å². The molecular formula is C8H16ClNO3. The molecule has 0 aliphatic heterocycles. The molecule has 0 aromatic carbocycles. The molecule has 0 fully saturated rings. The number of nitrogens with one attached hydrogen (secondary N) is 1. The van der Waals surface area contributed by atoms with Gasteiger partial charge in [0.1, 0.15) is 0 Å². The minimum Gasteiger partial charge on any atom is -0.394 e. The zero-order valence-corrected chi connectivity index (χ0v) is 8.35. The molecule has 78 valence electrons. The number of hydrogen-bond donors (Lipinski definition) is 2. The summed E-state index contributed by atoms with van der Waals surface area (Å²) < 4.78 is 4.95. The predicted octanol–water partition coefficient (Wildman–Crippen LogP) is 0.131. The topological polar surface area (TPSA) is 58.6 Å². The predicted molar refractivity (Wildman–Crippen MR) is 50.9 cm³/mol. The fourth-order valence-electron chi connectivity index (χ4n) is 0.745. The molecule has 0 radical (unpaired) electrons. The van der Waals surface area contributed by atoms with Crippen LogP contribution in [0.5, 0.6) is 0 Å². The number of ether oxygens (including phenoxy) is 1. The lowest BCUT2D eigenvalue weighted by Gasteiger charge is -2.04. The summed E-state index contributed by atoms with van der Waals surface area (Å²) in [6.07, 6.45) is 1.16. The van der Waals surface area contributed by atoms with E-state index in [9.17, 15) is 4.79 Å². The number of rotatable bonds is 8. The van der Waals surface area contributed by atoms with Crippen molar-refractivity contribution >= 4 is 17.5 Å². The number of hydrogen-bond acceptors (Lipinski definition) is 3. The quantitative estimate of drug-likeness (QED) is 0.441. The van der Waals surface area contributed by atoms with Gasteiger partial charge in [-0.3, -0.25) is 4.79 Å². The van der Waals surface area contributed by atoms with Crippen LogP contribution in [0.15, 0.2) is 0 Å². The first kappa shape index (κ1) is 12.7. The van der Waals surface area contributed by atoms with Gasteiger partial charge >= 0.3 is 0 Å². The molecule has 0 bridgehead atoms. The van der Waals surface area contributed by atoms with Crippen molar-refractivity contribution in [2.75, 3.05) is 32.2 Å². The molecule has 0 spiro atoms. The van der Waals surface area contributed by atoms with E-state index < -0.39 is 0 Å². The van der Waals surface area contributed by atoms with Crippen molar-refractivity contribution in [3.63, 3.8) is 0 Å². The van der Waals surface area contributed by atoms with Crippen molar-refractivity contribution in [1.29, 1.82) is 0 Å². The van der Waals surface area contributed by atoms with Crippen molar-refractivity contribution in [3.8, 4) is 0 Å². The lowest BCUT2D eigenvalue weighted by molar-refractivity contribution is -0.121. The molecule has 4 nitrogen and oxygen atoms in total. The summed E-state index contributed by atoms with van der Waals surface area (Å²) >= 11 is 5.42. The van der Waals surface area contributed by atoms with Gasteiger partial charge in [0.05, 0.1) is 19.8 Å². The zero-order chi connectivity index (χ0) is 9.94. The van der Waals surface area contributed by atoms with E-state index in [1.165, 1.54) is 0 Å². The minimum atomic E-state index is -0.00625. The summed E-state index contributed by atoms with van der Waals surface area (Å²) in [4.78, 5) is 11.0. The van der Waals surface area contributed by atoms with Gasteiger partial charge in [0.25, 0.3) is 0 Å². The Morgan fingerprint density at radius 2 is 2.23 bits per heavy atom. The Morgan fingerprint density at radius 3 is 2.85 bits per heavy atom. The van der Waals surface area contributed by atoms with E-state index in [0.29, 0.717) is 38.5 Å². The molecule has 0 rings (SSSR count). The van der Waals surface area contributed by atoms with Crippen LogP contribution in [0, 0.1) is 0 Å². The average molecular weight is 210 g/mol. The maximum Gasteiger partial charge on any atom is 0.220 e. The Balaban J connectivity index is 3.08. The molecule has 0 atom stereocenters. The van der Waals surface area contributed by atoms with Crippen LogP contribution in [0.25, 0.3) is 0 Å². The molecule has 0 aromatic rings. The Bertz CT molecular complexity index is 133. The third-order valence-electron chi connectivity index (χ3n) is 1.34. The third-order valence-corrected chi connectivity index (χ3v) is 1.61. The van der Waals surface area contributed by atoms with E-state index in [4.69, 9.17) is 21.4 Å². The first-order chi connectivity index (χ1) is 6.31. The molecule has 0 heterocycles. The van der Waals surface area contributed by atoms with E-state index >= 15 is 0 Å². The number of aliphatic hydroxyl groups is 1. The second-order valence-corrected chi connectivity index (χ2v) is 2.86. The van der Waals surface area contributed by atoms with E-state index in [0.717, 1.165) is 0 Å². The maximum atomic E-state index is 11.0. The largest absolute Gasteiger partial charge is 0.394 e. The summed E-state index contributed by atoms with van der Waals surface area (Å²) in [6, 6.07) is 0. The monoisotopic (exact) mass is 209 g/mol. The summed E-state index contributed by atoms with van der Waals surface area (Å²) in [5, 5.41) is 11.0. The highest BCUT2D eigenvalue weighted by atomic mass is 35.5.